The van der Waals surface area contributed by atoms with Crippen LogP contribution in [-0.4, -0.2) is 48.7 Å². The molecule has 0 saturated carbocycles. The summed E-state index contributed by atoms with van der Waals surface area (Å²) in [6, 6.07) is 10.4. The highest BCUT2D eigenvalue weighted by molar-refractivity contribution is 5.76. The van der Waals surface area contributed by atoms with Crippen molar-refractivity contribution < 1.29 is 9.90 Å². The lowest BCUT2D eigenvalue weighted by atomic mass is 9.79. The van der Waals surface area contributed by atoms with Crippen LogP contribution in [0.4, 0.5) is 0 Å². The van der Waals surface area contributed by atoms with Gasteiger partial charge in [-0.1, -0.05) is 30.3 Å². The Morgan fingerprint density at radius 3 is 2.62 bits per heavy atom. The predicted molar refractivity (Wildman–Crippen MR) is 95.6 cm³/mol. The smallest absolute Gasteiger partial charge is 0.222 e. The number of hydrogen-bond donors (Lipinski definition) is 2. The van der Waals surface area contributed by atoms with Gasteiger partial charge in [0.1, 0.15) is 0 Å². The molecule has 2 N–H and O–H groups in total. The molecule has 0 bridgehead atoms. The SMILES string of the molecule is O=C(CCCc1ccccc1)N1CCC([C@@H]2CNC[C@H]2CO)CC1. The molecule has 1 aromatic rings. The van der Waals surface area contributed by atoms with Crippen molar-refractivity contribution in [3.8, 4) is 0 Å². The van der Waals surface area contributed by atoms with E-state index >= 15 is 0 Å². The molecule has 0 aliphatic carbocycles. The summed E-state index contributed by atoms with van der Waals surface area (Å²) in [6.07, 6.45) is 4.75. The van der Waals surface area contributed by atoms with Crippen molar-refractivity contribution in [2.45, 2.75) is 32.1 Å². The number of aryl methyl sites for hydroxylation is 1. The second kappa shape index (κ2) is 8.63. The molecule has 4 nitrogen and oxygen atoms in total. The molecule has 0 unspecified atom stereocenters. The van der Waals surface area contributed by atoms with Gasteiger partial charge in [-0.3, -0.25) is 4.79 Å². The van der Waals surface area contributed by atoms with Gasteiger partial charge in [0.2, 0.25) is 5.91 Å². The van der Waals surface area contributed by atoms with Gasteiger partial charge < -0.3 is 15.3 Å². The van der Waals surface area contributed by atoms with Crippen molar-refractivity contribution in [3.63, 3.8) is 0 Å². The second-order valence-corrected chi connectivity index (χ2v) is 7.32. The van der Waals surface area contributed by atoms with E-state index in [4.69, 9.17) is 0 Å². The maximum atomic E-state index is 12.4. The molecular weight excluding hydrogens is 300 g/mol. The second-order valence-electron chi connectivity index (χ2n) is 7.32. The average Bonchev–Trinajstić information content (AvgIpc) is 3.11. The number of nitrogens with one attached hydrogen (secondary N) is 1. The molecule has 1 aromatic carbocycles. The third kappa shape index (κ3) is 4.37. The highest BCUT2D eigenvalue weighted by Crippen LogP contribution is 2.32. The quantitative estimate of drug-likeness (QED) is 0.840. The maximum Gasteiger partial charge on any atom is 0.222 e. The lowest BCUT2D eigenvalue weighted by Crippen LogP contribution is -2.41. The minimum atomic E-state index is 0.288. The number of piperidine rings is 1. The van der Waals surface area contributed by atoms with Gasteiger partial charge in [-0.05, 0) is 55.5 Å². The van der Waals surface area contributed by atoms with E-state index in [1.165, 1.54) is 5.56 Å². The molecule has 0 spiro atoms. The van der Waals surface area contributed by atoms with Gasteiger partial charge in [0.25, 0.3) is 0 Å². The monoisotopic (exact) mass is 330 g/mol. The average molecular weight is 330 g/mol. The summed E-state index contributed by atoms with van der Waals surface area (Å²) >= 11 is 0. The van der Waals surface area contributed by atoms with Crippen LogP contribution in [-0.2, 0) is 11.2 Å². The molecule has 2 atom stereocenters. The zero-order valence-corrected chi connectivity index (χ0v) is 14.5. The van der Waals surface area contributed by atoms with Crippen LogP contribution in [0.2, 0.25) is 0 Å². The third-order valence-corrected chi connectivity index (χ3v) is 5.82. The van der Waals surface area contributed by atoms with Crippen LogP contribution < -0.4 is 5.32 Å². The normalized spacial score (nSPS) is 25.1. The van der Waals surface area contributed by atoms with Gasteiger partial charge in [-0.15, -0.1) is 0 Å². The van der Waals surface area contributed by atoms with Crippen molar-refractivity contribution in [3.05, 3.63) is 35.9 Å². The number of likely N-dealkylation sites (tertiary alicyclic amines) is 1. The van der Waals surface area contributed by atoms with Gasteiger partial charge in [-0.25, -0.2) is 0 Å². The predicted octanol–water partition coefficient (Wildman–Crippen LogP) is 2.08. The van der Waals surface area contributed by atoms with Crippen LogP contribution in [0.25, 0.3) is 0 Å². The van der Waals surface area contributed by atoms with Gasteiger partial charge in [0, 0.05) is 32.7 Å². The molecule has 2 fully saturated rings. The van der Waals surface area contributed by atoms with Gasteiger partial charge >= 0.3 is 0 Å². The first kappa shape index (κ1) is 17.4. The molecule has 3 rings (SSSR count). The number of hydrogen-bond acceptors (Lipinski definition) is 3. The standard InChI is InChI=1S/C20H30N2O2/c23-15-18-13-21-14-19(18)17-9-11-22(12-10-17)20(24)8-4-7-16-5-2-1-3-6-16/h1-3,5-6,17-19,21,23H,4,7-15H2/t18-,19-/m0/s1. The Bertz CT molecular complexity index is 512. The van der Waals surface area contributed by atoms with E-state index in [0.29, 0.717) is 30.1 Å². The number of aliphatic hydroxyl groups is 1. The first-order valence-corrected chi connectivity index (χ1v) is 9.41. The third-order valence-electron chi connectivity index (χ3n) is 5.82. The number of carbonyl (C=O) groups is 1. The van der Waals surface area contributed by atoms with Gasteiger partial charge in [-0.2, -0.15) is 0 Å². The van der Waals surface area contributed by atoms with E-state index in [2.05, 4.69) is 34.5 Å². The lowest BCUT2D eigenvalue weighted by molar-refractivity contribution is -0.133. The van der Waals surface area contributed by atoms with E-state index in [0.717, 1.165) is 51.9 Å². The minimum Gasteiger partial charge on any atom is -0.396 e. The number of nitrogens with zero attached hydrogens (tertiary/aromatic N) is 1. The van der Waals surface area contributed by atoms with Crippen molar-refractivity contribution in [1.29, 1.82) is 0 Å². The van der Waals surface area contributed by atoms with E-state index < -0.39 is 0 Å². The van der Waals surface area contributed by atoms with Crippen LogP contribution in [0, 0.1) is 17.8 Å². The zero-order chi connectivity index (χ0) is 16.8. The van der Waals surface area contributed by atoms with Crippen molar-refractivity contribution in [2.24, 2.45) is 17.8 Å². The number of aliphatic hydroxyl groups excluding tert-OH is 1. The Labute approximate surface area is 145 Å². The molecular formula is C20H30N2O2. The number of benzene rings is 1. The van der Waals surface area contributed by atoms with Crippen molar-refractivity contribution in [2.75, 3.05) is 32.8 Å². The fraction of sp³-hybridized carbons (Fsp3) is 0.650. The Hall–Kier alpha value is -1.39. The van der Waals surface area contributed by atoms with Gasteiger partial charge in [0.15, 0.2) is 0 Å². The van der Waals surface area contributed by atoms with E-state index in [9.17, 15) is 9.90 Å². The summed E-state index contributed by atoms with van der Waals surface area (Å²) in [5, 5.41) is 12.9. The molecule has 4 heteroatoms. The summed E-state index contributed by atoms with van der Waals surface area (Å²) in [6.45, 7) is 4.05. The minimum absolute atomic E-state index is 0.288. The fourth-order valence-electron chi connectivity index (χ4n) is 4.33. The lowest BCUT2D eigenvalue weighted by Gasteiger charge is -2.36. The highest BCUT2D eigenvalue weighted by Gasteiger charge is 2.35. The van der Waals surface area contributed by atoms with Crippen molar-refractivity contribution >= 4 is 5.91 Å². The molecule has 0 aromatic heterocycles. The van der Waals surface area contributed by atoms with E-state index in [1.807, 2.05) is 6.07 Å². The van der Waals surface area contributed by atoms with E-state index in [1.54, 1.807) is 0 Å². The molecule has 1 amide bonds. The van der Waals surface area contributed by atoms with Crippen LogP contribution in [0.15, 0.2) is 30.3 Å². The largest absolute Gasteiger partial charge is 0.396 e. The van der Waals surface area contributed by atoms with E-state index in [-0.39, 0.29) is 6.61 Å². The van der Waals surface area contributed by atoms with Crippen LogP contribution in [0.5, 0.6) is 0 Å². The zero-order valence-electron chi connectivity index (χ0n) is 14.5. The molecule has 24 heavy (non-hydrogen) atoms. The van der Waals surface area contributed by atoms with Crippen molar-refractivity contribution in [1.82, 2.24) is 10.2 Å². The van der Waals surface area contributed by atoms with Gasteiger partial charge in [0.05, 0.1) is 0 Å². The first-order chi connectivity index (χ1) is 11.8. The Balaban J connectivity index is 1.39. The Kier molecular flexibility index (Phi) is 6.27. The van der Waals surface area contributed by atoms with Crippen LogP contribution >= 0.6 is 0 Å². The molecule has 2 saturated heterocycles. The molecule has 0 radical (unpaired) electrons. The summed E-state index contributed by atoms with van der Waals surface area (Å²) in [7, 11) is 0. The van der Waals surface area contributed by atoms with Crippen LogP contribution in [0.3, 0.4) is 0 Å². The highest BCUT2D eigenvalue weighted by atomic mass is 16.3. The number of rotatable bonds is 6. The Morgan fingerprint density at radius 2 is 1.92 bits per heavy atom. The Morgan fingerprint density at radius 1 is 1.17 bits per heavy atom. The fourth-order valence-corrected chi connectivity index (χ4v) is 4.33. The topological polar surface area (TPSA) is 52.6 Å². The summed E-state index contributed by atoms with van der Waals surface area (Å²) in [4.78, 5) is 14.5. The summed E-state index contributed by atoms with van der Waals surface area (Å²) in [5.74, 6) is 1.96. The molecule has 132 valence electrons. The number of carbonyl (C=O) groups excluding carboxylic acids is 1. The first-order valence-electron chi connectivity index (χ1n) is 9.41. The molecule has 2 aliphatic rings. The summed E-state index contributed by atoms with van der Waals surface area (Å²) < 4.78 is 0. The number of amides is 1. The van der Waals surface area contributed by atoms with Crippen LogP contribution in [0.1, 0.15) is 31.2 Å². The molecule has 2 heterocycles. The molecule has 2 aliphatic heterocycles. The summed E-state index contributed by atoms with van der Waals surface area (Å²) in [5.41, 5.74) is 1.31. The maximum absolute atomic E-state index is 12.4.